The summed E-state index contributed by atoms with van der Waals surface area (Å²) in [7, 11) is 1.82. The second-order valence-corrected chi connectivity index (χ2v) is 4.44. The zero-order chi connectivity index (χ0) is 13.2. The average molecular weight is 257 g/mol. The predicted molar refractivity (Wildman–Crippen MR) is 70.8 cm³/mol. The highest BCUT2D eigenvalue weighted by atomic mass is 16.2. The van der Waals surface area contributed by atoms with E-state index in [-0.39, 0.29) is 5.91 Å². The molecular weight excluding hydrogens is 242 g/mol. The minimum atomic E-state index is -0.0497. The molecule has 0 aliphatic carbocycles. The van der Waals surface area contributed by atoms with Crippen molar-refractivity contribution in [1.82, 2.24) is 19.4 Å². The Morgan fingerprint density at radius 1 is 1.32 bits per heavy atom. The molecule has 1 aliphatic rings. The number of carbonyl (C=O) groups excluding carboxylic acids is 1. The van der Waals surface area contributed by atoms with Gasteiger partial charge in [-0.3, -0.25) is 9.78 Å². The molecule has 0 radical (unpaired) electrons. The summed E-state index contributed by atoms with van der Waals surface area (Å²) in [6, 6.07) is 3.60. The molecule has 1 amide bonds. The standard InChI is InChI=1S/C13H15N5O/c1-14-10-2-3-15-11(8-10)13(19)18-7-6-17-5-4-16-12(17)9-18/h2-5,8H,6-7,9H2,1H3,(H,14,15). The number of rotatable bonds is 2. The van der Waals surface area contributed by atoms with Crippen molar-refractivity contribution in [3.8, 4) is 0 Å². The molecule has 1 N–H and O–H groups in total. The Bertz CT molecular complexity index is 607. The van der Waals surface area contributed by atoms with Crippen LogP contribution in [0, 0.1) is 0 Å². The average Bonchev–Trinajstić information content (AvgIpc) is 2.94. The largest absolute Gasteiger partial charge is 0.388 e. The Morgan fingerprint density at radius 3 is 3.05 bits per heavy atom. The molecule has 19 heavy (non-hydrogen) atoms. The summed E-state index contributed by atoms with van der Waals surface area (Å²) in [6.45, 7) is 2.01. The van der Waals surface area contributed by atoms with Crippen LogP contribution in [0.5, 0.6) is 0 Å². The number of amides is 1. The first-order valence-electron chi connectivity index (χ1n) is 6.21. The van der Waals surface area contributed by atoms with Gasteiger partial charge in [-0.2, -0.15) is 0 Å². The summed E-state index contributed by atoms with van der Waals surface area (Å²) in [5.74, 6) is 0.871. The fourth-order valence-corrected chi connectivity index (χ4v) is 2.21. The molecule has 2 aromatic heterocycles. The molecule has 0 unspecified atom stereocenters. The molecule has 6 heteroatoms. The van der Waals surface area contributed by atoms with Crippen LogP contribution in [0.4, 0.5) is 5.69 Å². The van der Waals surface area contributed by atoms with Crippen molar-refractivity contribution in [2.75, 3.05) is 18.9 Å². The topological polar surface area (TPSA) is 63.1 Å². The maximum atomic E-state index is 12.4. The third-order valence-corrected chi connectivity index (χ3v) is 3.30. The molecule has 1 aliphatic heterocycles. The lowest BCUT2D eigenvalue weighted by molar-refractivity contribution is 0.0701. The smallest absolute Gasteiger partial charge is 0.272 e. The van der Waals surface area contributed by atoms with Crippen LogP contribution in [0.1, 0.15) is 16.3 Å². The Hall–Kier alpha value is -2.37. The zero-order valence-corrected chi connectivity index (χ0v) is 10.7. The highest BCUT2D eigenvalue weighted by Gasteiger charge is 2.23. The second kappa shape index (κ2) is 4.72. The van der Waals surface area contributed by atoms with Crippen LogP contribution in [0.3, 0.4) is 0 Å². The van der Waals surface area contributed by atoms with Crippen molar-refractivity contribution in [1.29, 1.82) is 0 Å². The van der Waals surface area contributed by atoms with E-state index in [1.807, 2.05) is 19.3 Å². The number of aromatic nitrogens is 3. The number of nitrogens with one attached hydrogen (secondary N) is 1. The van der Waals surface area contributed by atoms with Crippen molar-refractivity contribution in [3.63, 3.8) is 0 Å². The first-order chi connectivity index (χ1) is 9.28. The first-order valence-corrected chi connectivity index (χ1v) is 6.21. The molecule has 0 atom stereocenters. The van der Waals surface area contributed by atoms with Gasteiger partial charge >= 0.3 is 0 Å². The molecule has 98 valence electrons. The van der Waals surface area contributed by atoms with E-state index in [0.29, 0.717) is 18.8 Å². The number of hydrogen-bond acceptors (Lipinski definition) is 4. The quantitative estimate of drug-likeness (QED) is 0.871. The summed E-state index contributed by atoms with van der Waals surface area (Å²) in [5, 5.41) is 3.01. The molecule has 0 fully saturated rings. The number of anilines is 1. The van der Waals surface area contributed by atoms with E-state index in [9.17, 15) is 4.79 Å². The number of pyridine rings is 1. The van der Waals surface area contributed by atoms with Gasteiger partial charge in [0.25, 0.3) is 5.91 Å². The Morgan fingerprint density at radius 2 is 2.21 bits per heavy atom. The highest BCUT2D eigenvalue weighted by Crippen LogP contribution is 2.14. The van der Waals surface area contributed by atoms with Crippen LogP contribution in [-0.2, 0) is 13.1 Å². The third kappa shape index (κ3) is 2.16. The van der Waals surface area contributed by atoms with Gasteiger partial charge in [-0.1, -0.05) is 0 Å². The second-order valence-electron chi connectivity index (χ2n) is 4.44. The number of hydrogen-bond donors (Lipinski definition) is 1. The summed E-state index contributed by atoms with van der Waals surface area (Å²) < 4.78 is 2.07. The number of carbonyl (C=O) groups is 1. The maximum Gasteiger partial charge on any atom is 0.272 e. The molecule has 2 aromatic rings. The zero-order valence-electron chi connectivity index (χ0n) is 10.7. The van der Waals surface area contributed by atoms with Crippen LogP contribution in [0.25, 0.3) is 0 Å². The Labute approximate surface area is 111 Å². The number of fused-ring (bicyclic) bond motifs is 1. The van der Waals surface area contributed by atoms with E-state index in [4.69, 9.17) is 0 Å². The summed E-state index contributed by atoms with van der Waals surface area (Å²) in [5.41, 5.74) is 1.35. The lowest BCUT2D eigenvalue weighted by Gasteiger charge is -2.27. The van der Waals surface area contributed by atoms with Gasteiger partial charge < -0.3 is 14.8 Å². The lowest BCUT2D eigenvalue weighted by Crippen LogP contribution is -2.38. The molecule has 0 bridgehead atoms. The molecule has 0 spiro atoms. The van der Waals surface area contributed by atoms with Crippen molar-refractivity contribution < 1.29 is 4.79 Å². The third-order valence-electron chi connectivity index (χ3n) is 3.30. The van der Waals surface area contributed by atoms with Gasteiger partial charge in [-0.25, -0.2) is 4.98 Å². The predicted octanol–water partition coefficient (Wildman–Crippen LogP) is 0.976. The van der Waals surface area contributed by atoms with Crippen molar-refractivity contribution in [3.05, 3.63) is 42.2 Å². The van der Waals surface area contributed by atoms with Crippen LogP contribution in [-0.4, -0.2) is 38.9 Å². The summed E-state index contributed by atoms with van der Waals surface area (Å²) in [6.07, 6.45) is 5.35. The Balaban J connectivity index is 1.81. The van der Waals surface area contributed by atoms with Gasteiger partial charge in [0, 0.05) is 44.4 Å². The van der Waals surface area contributed by atoms with Crippen molar-refractivity contribution in [2.45, 2.75) is 13.1 Å². The minimum Gasteiger partial charge on any atom is -0.388 e. The molecule has 0 aromatic carbocycles. The van der Waals surface area contributed by atoms with E-state index >= 15 is 0 Å². The normalized spacial score (nSPS) is 14.1. The summed E-state index contributed by atoms with van der Waals surface area (Å²) >= 11 is 0. The van der Waals surface area contributed by atoms with Crippen molar-refractivity contribution in [2.24, 2.45) is 0 Å². The fraction of sp³-hybridized carbons (Fsp3) is 0.308. The van der Waals surface area contributed by atoms with E-state index < -0.39 is 0 Å². The molecule has 0 saturated heterocycles. The molecule has 3 heterocycles. The number of nitrogens with zero attached hydrogens (tertiary/aromatic N) is 4. The van der Waals surface area contributed by atoms with E-state index in [2.05, 4.69) is 19.9 Å². The van der Waals surface area contributed by atoms with Gasteiger partial charge in [0.05, 0.1) is 6.54 Å². The first kappa shape index (κ1) is 11.7. The van der Waals surface area contributed by atoms with E-state index in [1.165, 1.54) is 0 Å². The maximum absolute atomic E-state index is 12.4. The molecule has 3 rings (SSSR count). The SMILES string of the molecule is CNc1ccnc(C(=O)N2CCn3ccnc3C2)c1. The van der Waals surface area contributed by atoms with Gasteiger partial charge in [-0.15, -0.1) is 0 Å². The molecular formula is C13H15N5O. The Kier molecular flexibility index (Phi) is 2.91. The van der Waals surface area contributed by atoms with Crippen LogP contribution < -0.4 is 5.32 Å². The monoisotopic (exact) mass is 257 g/mol. The fourth-order valence-electron chi connectivity index (χ4n) is 2.21. The van der Waals surface area contributed by atoms with Gasteiger partial charge in [0.2, 0.25) is 0 Å². The lowest BCUT2D eigenvalue weighted by atomic mass is 10.2. The van der Waals surface area contributed by atoms with E-state index in [0.717, 1.165) is 18.1 Å². The number of imidazole rings is 1. The van der Waals surface area contributed by atoms with E-state index in [1.54, 1.807) is 23.4 Å². The molecule has 6 nitrogen and oxygen atoms in total. The molecule has 0 saturated carbocycles. The van der Waals surface area contributed by atoms with Crippen molar-refractivity contribution >= 4 is 11.6 Å². The van der Waals surface area contributed by atoms with Gasteiger partial charge in [0.1, 0.15) is 11.5 Å². The highest BCUT2D eigenvalue weighted by molar-refractivity contribution is 5.93. The van der Waals surface area contributed by atoms with Gasteiger partial charge in [-0.05, 0) is 12.1 Å². The minimum absolute atomic E-state index is 0.0497. The summed E-state index contributed by atoms with van der Waals surface area (Å²) in [4.78, 5) is 22.6. The van der Waals surface area contributed by atoms with Crippen LogP contribution in [0.2, 0.25) is 0 Å². The van der Waals surface area contributed by atoms with Gasteiger partial charge in [0.15, 0.2) is 0 Å². The van der Waals surface area contributed by atoms with Crippen LogP contribution >= 0.6 is 0 Å². The van der Waals surface area contributed by atoms with Crippen LogP contribution in [0.15, 0.2) is 30.7 Å².